The second-order valence-corrected chi connectivity index (χ2v) is 3.84. The Labute approximate surface area is 98.1 Å². The van der Waals surface area contributed by atoms with Crippen LogP contribution in [0.15, 0.2) is 0 Å². The summed E-state index contributed by atoms with van der Waals surface area (Å²) < 4.78 is 4.75. The van der Waals surface area contributed by atoms with Crippen molar-refractivity contribution in [3.8, 4) is 0 Å². The molecule has 1 rings (SSSR count). The van der Waals surface area contributed by atoms with Crippen LogP contribution in [0.4, 0.5) is 4.79 Å². The molecule has 0 saturated carbocycles. The highest BCUT2D eigenvalue weighted by Gasteiger charge is 2.47. The van der Waals surface area contributed by atoms with Gasteiger partial charge in [0, 0.05) is 14.1 Å². The minimum absolute atomic E-state index is 0.160. The first kappa shape index (κ1) is 12.8. The maximum atomic E-state index is 11.7. The van der Waals surface area contributed by atoms with Crippen LogP contribution in [0.1, 0.15) is 6.92 Å². The smallest absolute Gasteiger partial charge is 0.327 e. The van der Waals surface area contributed by atoms with Crippen LogP contribution in [0.3, 0.4) is 0 Å². The van der Waals surface area contributed by atoms with E-state index in [1.165, 1.54) is 14.1 Å². The van der Waals surface area contributed by atoms with Crippen LogP contribution in [0.5, 0.6) is 0 Å². The molecular weight excluding hydrogens is 236 g/mol. The van der Waals surface area contributed by atoms with Gasteiger partial charge in [0.05, 0.1) is 6.61 Å². The lowest BCUT2D eigenvalue weighted by atomic mass is 10.1. The SMILES string of the molecule is CCOC(=O)C1C(=O)N(C)C(=O)N(C)C1Cl. The highest BCUT2D eigenvalue weighted by Crippen LogP contribution is 2.24. The van der Waals surface area contributed by atoms with E-state index < -0.39 is 29.3 Å². The number of carbonyl (C=O) groups is 3. The summed E-state index contributed by atoms with van der Waals surface area (Å²) in [5, 5.41) is 0. The van der Waals surface area contributed by atoms with Gasteiger partial charge in [0.25, 0.3) is 0 Å². The van der Waals surface area contributed by atoms with E-state index in [9.17, 15) is 14.4 Å². The standard InChI is InChI=1S/C9H13ClN2O4/c1-4-16-8(14)5-6(10)11(2)9(15)12(3)7(5)13/h5-6H,4H2,1-3H3. The van der Waals surface area contributed by atoms with Crippen molar-refractivity contribution in [2.24, 2.45) is 5.92 Å². The number of hydrogen-bond acceptors (Lipinski definition) is 4. The summed E-state index contributed by atoms with van der Waals surface area (Å²) in [6.45, 7) is 1.79. The van der Waals surface area contributed by atoms with E-state index in [2.05, 4.69) is 0 Å². The Morgan fingerprint density at radius 3 is 2.50 bits per heavy atom. The second kappa shape index (κ2) is 4.69. The lowest BCUT2D eigenvalue weighted by Crippen LogP contribution is -2.59. The monoisotopic (exact) mass is 248 g/mol. The summed E-state index contributed by atoms with van der Waals surface area (Å²) >= 11 is 5.88. The molecule has 0 aromatic heterocycles. The van der Waals surface area contributed by atoms with Crippen LogP contribution >= 0.6 is 11.6 Å². The first-order valence-electron chi connectivity index (χ1n) is 4.76. The van der Waals surface area contributed by atoms with Gasteiger partial charge in [-0.1, -0.05) is 11.6 Å². The van der Waals surface area contributed by atoms with E-state index in [0.29, 0.717) is 0 Å². The Kier molecular flexibility index (Phi) is 3.74. The van der Waals surface area contributed by atoms with E-state index in [0.717, 1.165) is 9.80 Å². The average Bonchev–Trinajstić information content (AvgIpc) is 2.24. The number of urea groups is 1. The fourth-order valence-electron chi connectivity index (χ4n) is 1.43. The molecule has 1 saturated heterocycles. The van der Waals surface area contributed by atoms with Crippen LogP contribution in [-0.4, -0.2) is 53.9 Å². The van der Waals surface area contributed by atoms with Gasteiger partial charge in [-0.3, -0.25) is 14.5 Å². The highest BCUT2D eigenvalue weighted by atomic mass is 35.5. The van der Waals surface area contributed by atoms with Gasteiger partial charge in [-0.15, -0.1) is 0 Å². The van der Waals surface area contributed by atoms with Crippen molar-refractivity contribution in [1.82, 2.24) is 9.80 Å². The number of carbonyl (C=O) groups excluding carboxylic acids is 3. The van der Waals surface area contributed by atoms with E-state index in [-0.39, 0.29) is 6.61 Å². The van der Waals surface area contributed by atoms with Crippen molar-refractivity contribution in [3.05, 3.63) is 0 Å². The summed E-state index contributed by atoms with van der Waals surface area (Å²) in [5.74, 6) is -2.51. The lowest BCUT2D eigenvalue weighted by molar-refractivity contribution is -0.157. The van der Waals surface area contributed by atoms with Crippen LogP contribution in [0.2, 0.25) is 0 Å². The number of ether oxygens (including phenoxy) is 1. The molecule has 16 heavy (non-hydrogen) atoms. The maximum absolute atomic E-state index is 11.7. The molecule has 0 aromatic rings. The van der Waals surface area contributed by atoms with E-state index in [1.54, 1.807) is 6.92 Å². The van der Waals surface area contributed by atoms with Gasteiger partial charge in [0.2, 0.25) is 5.91 Å². The van der Waals surface area contributed by atoms with Crippen molar-refractivity contribution >= 4 is 29.5 Å². The van der Waals surface area contributed by atoms with Crippen LogP contribution in [-0.2, 0) is 14.3 Å². The molecule has 0 N–H and O–H groups in total. The number of rotatable bonds is 2. The second-order valence-electron chi connectivity index (χ2n) is 3.39. The van der Waals surface area contributed by atoms with Crippen molar-refractivity contribution in [2.45, 2.75) is 12.4 Å². The van der Waals surface area contributed by atoms with Crippen LogP contribution in [0.25, 0.3) is 0 Å². The van der Waals surface area contributed by atoms with Gasteiger partial charge in [-0.05, 0) is 6.92 Å². The largest absolute Gasteiger partial charge is 0.465 e. The predicted molar refractivity (Wildman–Crippen MR) is 55.7 cm³/mol. The maximum Gasteiger partial charge on any atom is 0.327 e. The molecule has 2 unspecified atom stereocenters. The Morgan fingerprint density at radius 1 is 1.44 bits per heavy atom. The van der Waals surface area contributed by atoms with Gasteiger partial charge in [-0.25, -0.2) is 4.79 Å². The summed E-state index contributed by atoms with van der Waals surface area (Å²) in [5.41, 5.74) is -1.00. The Bertz CT molecular complexity index is 333. The topological polar surface area (TPSA) is 66.9 Å². The normalized spacial score (nSPS) is 26.0. The van der Waals surface area contributed by atoms with E-state index >= 15 is 0 Å². The minimum Gasteiger partial charge on any atom is -0.465 e. The molecule has 7 heteroatoms. The quantitative estimate of drug-likeness (QED) is 0.304. The Hall–Kier alpha value is -1.30. The number of esters is 1. The summed E-state index contributed by atoms with van der Waals surface area (Å²) in [7, 11) is 2.73. The molecule has 0 bridgehead atoms. The summed E-state index contributed by atoms with van der Waals surface area (Å²) in [6, 6.07) is -0.537. The number of alkyl halides is 1. The number of amides is 3. The Morgan fingerprint density at radius 2 is 2.00 bits per heavy atom. The van der Waals surface area contributed by atoms with Gasteiger partial charge in [0.1, 0.15) is 5.50 Å². The van der Waals surface area contributed by atoms with Gasteiger partial charge < -0.3 is 9.64 Å². The van der Waals surface area contributed by atoms with Crippen molar-refractivity contribution in [3.63, 3.8) is 0 Å². The van der Waals surface area contributed by atoms with Crippen molar-refractivity contribution in [1.29, 1.82) is 0 Å². The summed E-state index contributed by atoms with van der Waals surface area (Å²) in [4.78, 5) is 36.7. The third-order valence-corrected chi connectivity index (χ3v) is 2.92. The van der Waals surface area contributed by atoms with Crippen LogP contribution < -0.4 is 0 Å². The van der Waals surface area contributed by atoms with Gasteiger partial charge in [-0.2, -0.15) is 0 Å². The fraction of sp³-hybridized carbons (Fsp3) is 0.667. The molecule has 0 radical (unpaired) electrons. The summed E-state index contributed by atoms with van der Waals surface area (Å²) in [6.07, 6.45) is 0. The molecular formula is C9H13ClN2O4. The molecule has 2 atom stereocenters. The minimum atomic E-state index is -1.16. The number of nitrogens with zero attached hydrogens (tertiary/aromatic N) is 2. The predicted octanol–water partition coefficient (Wildman–Crippen LogP) is 0.254. The molecule has 0 spiro atoms. The first-order valence-corrected chi connectivity index (χ1v) is 5.20. The number of hydrogen-bond donors (Lipinski definition) is 0. The first-order chi connectivity index (χ1) is 7.41. The van der Waals surface area contributed by atoms with Crippen molar-refractivity contribution < 1.29 is 19.1 Å². The zero-order valence-electron chi connectivity index (χ0n) is 9.27. The third kappa shape index (κ3) is 1.97. The van der Waals surface area contributed by atoms with Crippen LogP contribution in [0, 0.1) is 5.92 Å². The molecule has 6 nitrogen and oxygen atoms in total. The Balaban J connectivity index is 2.95. The number of halogens is 1. The number of imide groups is 1. The lowest BCUT2D eigenvalue weighted by Gasteiger charge is -2.37. The van der Waals surface area contributed by atoms with E-state index in [1.807, 2.05) is 0 Å². The molecule has 3 amide bonds. The van der Waals surface area contributed by atoms with Gasteiger partial charge in [0.15, 0.2) is 5.92 Å². The zero-order valence-corrected chi connectivity index (χ0v) is 10.0. The molecule has 1 heterocycles. The highest BCUT2D eigenvalue weighted by molar-refractivity contribution is 6.27. The third-order valence-electron chi connectivity index (χ3n) is 2.37. The fourth-order valence-corrected chi connectivity index (χ4v) is 1.73. The molecule has 1 aliphatic heterocycles. The van der Waals surface area contributed by atoms with Gasteiger partial charge >= 0.3 is 12.0 Å². The molecule has 0 aromatic carbocycles. The zero-order chi connectivity index (χ0) is 12.5. The molecule has 0 aliphatic carbocycles. The van der Waals surface area contributed by atoms with E-state index in [4.69, 9.17) is 16.3 Å². The molecule has 1 aliphatic rings. The molecule has 90 valence electrons. The van der Waals surface area contributed by atoms with Crippen molar-refractivity contribution in [2.75, 3.05) is 20.7 Å². The average molecular weight is 249 g/mol. The molecule has 1 fully saturated rings.